The van der Waals surface area contributed by atoms with Crippen LogP contribution in [0.2, 0.25) is 0 Å². The molecule has 0 atom stereocenters. The average molecular weight is 436 g/mol. The van der Waals surface area contributed by atoms with Crippen LogP contribution in [0.15, 0.2) is 41.3 Å². The van der Waals surface area contributed by atoms with Gasteiger partial charge in [-0.1, -0.05) is 0 Å². The zero-order valence-electron chi connectivity index (χ0n) is 17.5. The molecule has 9 nitrogen and oxygen atoms in total. The number of carbonyl (C=O) groups excluding carboxylic acids is 2. The van der Waals surface area contributed by atoms with E-state index >= 15 is 0 Å². The van der Waals surface area contributed by atoms with Crippen molar-refractivity contribution in [3.05, 3.63) is 47.5 Å². The van der Waals surface area contributed by atoms with Crippen LogP contribution in [0, 0.1) is 6.92 Å². The van der Waals surface area contributed by atoms with Gasteiger partial charge in [0.25, 0.3) is 0 Å². The van der Waals surface area contributed by atoms with Crippen LogP contribution >= 0.6 is 0 Å². The van der Waals surface area contributed by atoms with Crippen molar-refractivity contribution in [1.29, 1.82) is 0 Å². The quantitative estimate of drug-likeness (QED) is 0.610. The fourth-order valence-electron chi connectivity index (χ4n) is 2.64. The molecule has 2 N–H and O–H groups in total. The molecule has 0 radical (unpaired) electrons. The van der Waals surface area contributed by atoms with Crippen molar-refractivity contribution in [2.75, 3.05) is 45.5 Å². The first-order chi connectivity index (χ1) is 14.1. The molecule has 0 aromatic heterocycles. The molecule has 2 rings (SSSR count). The van der Waals surface area contributed by atoms with Crippen molar-refractivity contribution in [2.24, 2.45) is 0 Å². The van der Waals surface area contributed by atoms with Crippen molar-refractivity contribution in [3.63, 3.8) is 0 Å². The summed E-state index contributed by atoms with van der Waals surface area (Å²) in [6.45, 7) is 1.74. The highest BCUT2D eigenvalue weighted by atomic mass is 32.2. The molecule has 0 unspecified atom stereocenters. The van der Waals surface area contributed by atoms with E-state index in [0.717, 1.165) is 9.87 Å². The van der Waals surface area contributed by atoms with Gasteiger partial charge in [0.2, 0.25) is 15.9 Å². The van der Waals surface area contributed by atoms with Gasteiger partial charge in [0, 0.05) is 25.5 Å². The van der Waals surface area contributed by atoms with Gasteiger partial charge in [0.05, 0.1) is 26.3 Å². The molecule has 0 saturated carbocycles. The number of hydrogen-bond donors (Lipinski definition) is 2. The third-order valence-corrected chi connectivity index (χ3v) is 6.13. The Kier molecular flexibility index (Phi) is 7.41. The van der Waals surface area contributed by atoms with E-state index in [-0.39, 0.29) is 23.1 Å². The lowest BCUT2D eigenvalue weighted by Gasteiger charge is -2.16. The fraction of sp³-hybridized carbons (Fsp3) is 0.300. The average Bonchev–Trinajstić information content (AvgIpc) is 2.71. The van der Waals surface area contributed by atoms with Crippen LogP contribution in [0.1, 0.15) is 15.9 Å². The summed E-state index contributed by atoms with van der Waals surface area (Å²) in [5.41, 5.74) is 2.19. The van der Waals surface area contributed by atoms with Crippen LogP contribution in [0.4, 0.5) is 11.4 Å². The number of benzene rings is 2. The van der Waals surface area contributed by atoms with Crippen LogP contribution in [-0.2, 0) is 19.6 Å². The van der Waals surface area contributed by atoms with Crippen LogP contribution in [0.3, 0.4) is 0 Å². The van der Waals surface area contributed by atoms with Crippen molar-refractivity contribution < 1.29 is 27.5 Å². The summed E-state index contributed by atoms with van der Waals surface area (Å²) in [6.07, 6.45) is 0. The molecule has 1 amide bonds. The van der Waals surface area contributed by atoms with E-state index in [0.29, 0.717) is 16.9 Å². The Hall–Kier alpha value is -3.11. The molecule has 0 aliphatic carbocycles. The Balaban J connectivity index is 2.11. The third kappa shape index (κ3) is 5.28. The smallest absolute Gasteiger partial charge is 0.337 e. The molecule has 0 aliphatic heterocycles. The summed E-state index contributed by atoms with van der Waals surface area (Å²) in [5.74, 6) is -0.628. The minimum Gasteiger partial charge on any atom is -0.495 e. The summed E-state index contributed by atoms with van der Waals surface area (Å²) in [7, 11) is 1.76. The molecule has 10 heteroatoms. The molecule has 0 aliphatic rings. The number of methoxy groups -OCH3 is 2. The number of nitrogens with zero attached hydrogens (tertiary/aromatic N) is 1. The van der Waals surface area contributed by atoms with Crippen molar-refractivity contribution in [2.45, 2.75) is 11.8 Å². The summed E-state index contributed by atoms with van der Waals surface area (Å²) in [6, 6.07) is 9.33. The molecule has 0 spiro atoms. The summed E-state index contributed by atoms with van der Waals surface area (Å²) < 4.78 is 35.8. The van der Waals surface area contributed by atoms with Gasteiger partial charge in [-0.15, -0.1) is 0 Å². The first kappa shape index (κ1) is 23.2. The van der Waals surface area contributed by atoms with E-state index in [1.807, 2.05) is 0 Å². The summed E-state index contributed by atoms with van der Waals surface area (Å²) in [5, 5.41) is 5.65. The maximum atomic E-state index is 12.5. The second-order valence-corrected chi connectivity index (χ2v) is 8.70. The van der Waals surface area contributed by atoms with E-state index in [4.69, 9.17) is 4.74 Å². The number of aryl methyl sites for hydroxylation is 1. The van der Waals surface area contributed by atoms with Crippen LogP contribution in [-0.4, -0.2) is 59.5 Å². The number of esters is 1. The number of ether oxygens (including phenoxy) is 2. The number of sulfonamides is 1. The van der Waals surface area contributed by atoms with E-state index in [1.165, 1.54) is 40.4 Å². The van der Waals surface area contributed by atoms with Gasteiger partial charge in [0.15, 0.2) is 0 Å². The number of anilines is 2. The Bertz CT molecular complexity index is 1050. The monoisotopic (exact) mass is 435 g/mol. The molecule has 2 aromatic carbocycles. The van der Waals surface area contributed by atoms with Crippen molar-refractivity contribution in [1.82, 2.24) is 4.31 Å². The second-order valence-electron chi connectivity index (χ2n) is 6.58. The highest BCUT2D eigenvalue weighted by Crippen LogP contribution is 2.28. The number of amides is 1. The second kappa shape index (κ2) is 9.59. The minimum absolute atomic E-state index is 0.0463. The first-order valence-electron chi connectivity index (χ1n) is 8.93. The SMILES string of the molecule is COC(=O)c1ccc(NCC(=O)Nc2ccc(OC)c(S(=O)(=O)N(C)C)c2)c(C)c1. The standard InChI is InChI=1S/C20H25N3O6S/c1-13-10-14(20(25)29-5)6-8-16(13)21-12-19(24)22-15-7-9-17(28-4)18(11-15)30(26,27)23(2)3/h6-11,21H,12H2,1-5H3,(H,22,24). The van der Waals surface area contributed by atoms with Gasteiger partial charge in [0.1, 0.15) is 10.6 Å². The predicted molar refractivity (Wildman–Crippen MR) is 114 cm³/mol. The van der Waals surface area contributed by atoms with Gasteiger partial charge < -0.3 is 20.1 Å². The minimum atomic E-state index is -3.75. The number of carbonyl (C=O) groups is 2. The maximum Gasteiger partial charge on any atom is 0.337 e. The fourth-order valence-corrected chi connectivity index (χ4v) is 3.72. The molecule has 0 bridgehead atoms. The predicted octanol–water partition coefficient (Wildman–Crippen LogP) is 2.09. The summed E-state index contributed by atoms with van der Waals surface area (Å²) >= 11 is 0. The van der Waals surface area contributed by atoms with Gasteiger partial charge in [-0.05, 0) is 48.9 Å². The highest BCUT2D eigenvalue weighted by Gasteiger charge is 2.23. The molecule has 162 valence electrons. The Labute approximate surface area is 176 Å². The Morgan fingerprint density at radius 1 is 1.07 bits per heavy atom. The molecule has 30 heavy (non-hydrogen) atoms. The zero-order chi connectivity index (χ0) is 22.5. The van der Waals surface area contributed by atoms with E-state index in [9.17, 15) is 18.0 Å². The first-order valence-corrected chi connectivity index (χ1v) is 10.4. The number of hydrogen-bond acceptors (Lipinski definition) is 7. The van der Waals surface area contributed by atoms with Gasteiger partial charge >= 0.3 is 5.97 Å². The van der Waals surface area contributed by atoms with Gasteiger partial charge in [-0.25, -0.2) is 17.5 Å². The molecule has 2 aromatic rings. The van der Waals surface area contributed by atoms with Crippen LogP contribution < -0.4 is 15.4 Å². The highest BCUT2D eigenvalue weighted by molar-refractivity contribution is 7.89. The van der Waals surface area contributed by atoms with Crippen LogP contribution in [0.5, 0.6) is 5.75 Å². The van der Waals surface area contributed by atoms with Gasteiger partial charge in [-0.3, -0.25) is 4.79 Å². The third-order valence-electron chi connectivity index (χ3n) is 4.29. The molecule has 0 heterocycles. The van der Waals surface area contributed by atoms with Crippen molar-refractivity contribution in [3.8, 4) is 5.75 Å². The number of rotatable bonds is 8. The number of nitrogens with one attached hydrogen (secondary N) is 2. The van der Waals surface area contributed by atoms with E-state index in [1.54, 1.807) is 31.2 Å². The van der Waals surface area contributed by atoms with E-state index < -0.39 is 16.0 Å². The topological polar surface area (TPSA) is 114 Å². The zero-order valence-corrected chi connectivity index (χ0v) is 18.3. The van der Waals surface area contributed by atoms with E-state index in [2.05, 4.69) is 15.4 Å². The Morgan fingerprint density at radius 2 is 1.77 bits per heavy atom. The summed E-state index contributed by atoms with van der Waals surface area (Å²) in [4.78, 5) is 23.9. The molecule has 0 saturated heterocycles. The lowest BCUT2D eigenvalue weighted by Crippen LogP contribution is -2.24. The largest absolute Gasteiger partial charge is 0.495 e. The normalized spacial score (nSPS) is 11.1. The van der Waals surface area contributed by atoms with Gasteiger partial charge in [-0.2, -0.15) is 0 Å². The molecule has 0 fully saturated rings. The molecular formula is C20H25N3O6S. The van der Waals surface area contributed by atoms with Crippen molar-refractivity contribution >= 4 is 33.3 Å². The lowest BCUT2D eigenvalue weighted by atomic mass is 10.1. The maximum absolute atomic E-state index is 12.5. The Morgan fingerprint density at radius 3 is 2.33 bits per heavy atom. The lowest BCUT2D eigenvalue weighted by molar-refractivity contribution is -0.114. The molecular weight excluding hydrogens is 410 g/mol. The van der Waals surface area contributed by atoms with Crippen LogP contribution in [0.25, 0.3) is 0 Å².